The lowest BCUT2D eigenvalue weighted by Crippen LogP contribution is -2.40. The number of nitrogens with one attached hydrogen (secondary N) is 1. The Morgan fingerprint density at radius 1 is 1.23 bits per heavy atom. The fourth-order valence-electron chi connectivity index (χ4n) is 4.49. The van der Waals surface area contributed by atoms with Crippen LogP contribution in [-0.2, 0) is 6.42 Å². The number of rotatable bonds is 4. The zero-order chi connectivity index (χ0) is 21.5. The van der Waals surface area contributed by atoms with Gasteiger partial charge in [-0.3, -0.25) is 14.0 Å². The van der Waals surface area contributed by atoms with E-state index in [9.17, 15) is 9.59 Å². The lowest BCUT2D eigenvalue weighted by molar-refractivity contribution is 0.0988. The number of hydrogen-bond donors (Lipinski definition) is 1. The van der Waals surface area contributed by atoms with Gasteiger partial charge in [-0.1, -0.05) is 6.92 Å². The van der Waals surface area contributed by atoms with Crippen LogP contribution in [0.1, 0.15) is 42.7 Å². The molecule has 0 bridgehead atoms. The molecular formula is C22H25N7O2. The first kappa shape index (κ1) is 19.5. The van der Waals surface area contributed by atoms with E-state index in [2.05, 4.69) is 25.2 Å². The van der Waals surface area contributed by atoms with Crippen molar-refractivity contribution in [3.63, 3.8) is 0 Å². The van der Waals surface area contributed by atoms with Crippen molar-refractivity contribution in [2.24, 2.45) is 0 Å². The predicted octanol–water partition coefficient (Wildman–Crippen LogP) is 2.11. The average Bonchev–Trinajstić information content (AvgIpc) is 3.21. The van der Waals surface area contributed by atoms with Crippen molar-refractivity contribution in [1.29, 1.82) is 0 Å². The van der Waals surface area contributed by atoms with Crippen LogP contribution in [0, 0.1) is 0 Å². The molecule has 3 aromatic rings. The maximum absolute atomic E-state index is 13.7. The van der Waals surface area contributed by atoms with Crippen LogP contribution in [0.2, 0.25) is 0 Å². The highest BCUT2D eigenvalue weighted by Crippen LogP contribution is 2.34. The Labute approximate surface area is 179 Å². The molecule has 5 heterocycles. The number of aryl methyl sites for hydroxylation is 1. The molecule has 0 unspecified atom stereocenters. The van der Waals surface area contributed by atoms with Crippen molar-refractivity contribution < 1.29 is 4.79 Å². The molecule has 0 radical (unpaired) electrons. The Kier molecular flexibility index (Phi) is 4.80. The first-order chi connectivity index (χ1) is 15.1. The van der Waals surface area contributed by atoms with Crippen LogP contribution >= 0.6 is 0 Å². The van der Waals surface area contributed by atoms with Gasteiger partial charge in [0.2, 0.25) is 5.95 Å². The molecule has 1 amide bonds. The normalized spacial score (nSPS) is 18.1. The molecule has 1 N–H and O–H groups in total. The number of amides is 1. The van der Waals surface area contributed by atoms with E-state index in [1.54, 1.807) is 29.4 Å². The highest BCUT2D eigenvalue weighted by Gasteiger charge is 2.38. The molecular weight excluding hydrogens is 394 g/mol. The van der Waals surface area contributed by atoms with Gasteiger partial charge in [0.25, 0.3) is 11.5 Å². The minimum atomic E-state index is -0.170. The highest BCUT2D eigenvalue weighted by molar-refractivity contribution is 6.11. The number of aromatic nitrogens is 4. The van der Waals surface area contributed by atoms with E-state index in [-0.39, 0.29) is 17.5 Å². The van der Waals surface area contributed by atoms with Gasteiger partial charge in [0, 0.05) is 49.8 Å². The lowest BCUT2D eigenvalue weighted by atomic mass is 10.2. The van der Waals surface area contributed by atoms with E-state index in [0.717, 1.165) is 19.4 Å². The summed E-state index contributed by atoms with van der Waals surface area (Å²) in [6.45, 7) is 6.02. The molecule has 0 aromatic carbocycles. The SMILES string of the molecule is CCNc1ncc2c(n1)N1CCC[C@H]1CN(c1cccn3c(=O)cc(CC)nc13)C2=O. The Morgan fingerprint density at radius 2 is 2.10 bits per heavy atom. The largest absolute Gasteiger partial charge is 0.354 e. The summed E-state index contributed by atoms with van der Waals surface area (Å²) >= 11 is 0. The third kappa shape index (κ3) is 3.20. The molecule has 0 spiro atoms. The maximum atomic E-state index is 13.7. The van der Waals surface area contributed by atoms with Gasteiger partial charge in [-0.15, -0.1) is 0 Å². The van der Waals surface area contributed by atoms with Gasteiger partial charge in [0.1, 0.15) is 11.4 Å². The molecule has 0 saturated carbocycles. The van der Waals surface area contributed by atoms with Crippen molar-refractivity contribution in [2.45, 2.75) is 39.2 Å². The Bertz CT molecular complexity index is 1220. The molecule has 31 heavy (non-hydrogen) atoms. The zero-order valence-corrected chi connectivity index (χ0v) is 17.7. The fraction of sp³-hybridized carbons (Fsp3) is 0.409. The van der Waals surface area contributed by atoms with Gasteiger partial charge in [-0.05, 0) is 38.3 Å². The van der Waals surface area contributed by atoms with Crippen LogP contribution in [0.15, 0.2) is 35.4 Å². The average molecular weight is 419 g/mol. The van der Waals surface area contributed by atoms with E-state index in [1.165, 1.54) is 4.40 Å². The van der Waals surface area contributed by atoms with Crippen molar-refractivity contribution in [3.8, 4) is 0 Å². The summed E-state index contributed by atoms with van der Waals surface area (Å²) in [5.74, 6) is 1.04. The second-order valence-electron chi connectivity index (χ2n) is 7.89. The van der Waals surface area contributed by atoms with Gasteiger partial charge < -0.3 is 15.1 Å². The van der Waals surface area contributed by atoms with E-state index < -0.39 is 0 Å². The second kappa shape index (κ2) is 7.64. The van der Waals surface area contributed by atoms with Gasteiger partial charge in [0.05, 0.1) is 5.69 Å². The summed E-state index contributed by atoms with van der Waals surface area (Å²) in [4.78, 5) is 44.0. The molecule has 1 saturated heterocycles. The second-order valence-corrected chi connectivity index (χ2v) is 7.89. The van der Waals surface area contributed by atoms with E-state index in [0.29, 0.717) is 53.9 Å². The smallest absolute Gasteiger partial charge is 0.263 e. The van der Waals surface area contributed by atoms with E-state index >= 15 is 0 Å². The lowest BCUT2D eigenvalue weighted by Gasteiger charge is -2.27. The number of carbonyl (C=O) groups is 1. The Hall–Kier alpha value is -3.49. The molecule has 0 aliphatic carbocycles. The molecule has 9 nitrogen and oxygen atoms in total. The summed E-state index contributed by atoms with van der Waals surface area (Å²) < 4.78 is 1.50. The van der Waals surface area contributed by atoms with Crippen molar-refractivity contribution in [2.75, 3.05) is 34.8 Å². The van der Waals surface area contributed by atoms with Crippen molar-refractivity contribution in [1.82, 2.24) is 19.4 Å². The van der Waals surface area contributed by atoms with Gasteiger partial charge in [0.15, 0.2) is 5.65 Å². The molecule has 3 aromatic heterocycles. The molecule has 160 valence electrons. The molecule has 2 aliphatic rings. The summed E-state index contributed by atoms with van der Waals surface area (Å²) in [5, 5.41) is 3.14. The van der Waals surface area contributed by atoms with Crippen molar-refractivity contribution >= 4 is 29.0 Å². The van der Waals surface area contributed by atoms with Gasteiger partial charge >= 0.3 is 0 Å². The number of hydrogen-bond acceptors (Lipinski definition) is 7. The number of nitrogens with zero attached hydrogens (tertiary/aromatic N) is 6. The number of carbonyl (C=O) groups excluding carboxylic acids is 1. The van der Waals surface area contributed by atoms with E-state index in [1.807, 2.05) is 19.9 Å². The summed E-state index contributed by atoms with van der Waals surface area (Å²) in [7, 11) is 0. The quantitative estimate of drug-likeness (QED) is 0.692. The highest BCUT2D eigenvalue weighted by atomic mass is 16.2. The maximum Gasteiger partial charge on any atom is 0.263 e. The number of fused-ring (bicyclic) bond motifs is 4. The number of pyridine rings is 1. The molecule has 2 aliphatic heterocycles. The minimum Gasteiger partial charge on any atom is -0.354 e. The summed E-state index contributed by atoms with van der Waals surface area (Å²) in [6, 6.07) is 5.34. The third-order valence-electron chi connectivity index (χ3n) is 6.00. The molecule has 5 rings (SSSR count). The topological polar surface area (TPSA) is 95.7 Å². The standard InChI is InChI=1S/C22H25N7O2/c1-3-14-11-18(30)28-10-6-8-17(20(28)25-14)29-13-15-7-5-9-27(15)19-16(21(29)31)12-24-22(26-19)23-4-2/h6,8,10-12,15H,3-5,7,9,13H2,1-2H3,(H,23,24,26)/t15-/m0/s1. The van der Waals surface area contributed by atoms with Crippen LogP contribution < -0.4 is 20.7 Å². The monoisotopic (exact) mass is 419 g/mol. The van der Waals surface area contributed by atoms with E-state index in [4.69, 9.17) is 0 Å². The number of anilines is 3. The third-order valence-corrected chi connectivity index (χ3v) is 6.00. The van der Waals surface area contributed by atoms with Gasteiger partial charge in [-0.25, -0.2) is 9.97 Å². The fourth-order valence-corrected chi connectivity index (χ4v) is 4.49. The van der Waals surface area contributed by atoms with Crippen LogP contribution in [-0.4, -0.2) is 50.9 Å². The molecule has 1 fully saturated rings. The first-order valence-corrected chi connectivity index (χ1v) is 10.8. The zero-order valence-electron chi connectivity index (χ0n) is 17.7. The van der Waals surface area contributed by atoms with Crippen molar-refractivity contribution in [3.05, 3.63) is 52.2 Å². The summed E-state index contributed by atoms with van der Waals surface area (Å²) in [6.07, 6.45) is 5.96. The molecule has 9 heteroatoms. The van der Waals surface area contributed by atoms with Crippen LogP contribution in [0.4, 0.5) is 17.5 Å². The van der Waals surface area contributed by atoms with Crippen LogP contribution in [0.25, 0.3) is 5.65 Å². The first-order valence-electron chi connectivity index (χ1n) is 10.8. The van der Waals surface area contributed by atoms with Crippen LogP contribution in [0.3, 0.4) is 0 Å². The Balaban J connectivity index is 1.68. The minimum absolute atomic E-state index is 0.146. The molecule has 1 atom stereocenters. The Morgan fingerprint density at radius 3 is 2.90 bits per heavy atom. The van der Waals surface area contributed by atoms with Gasteiger partial charge in [-0.2, -0.15) is 4.98 Å². The summed E-state index contributed by atoms with van der Waals surface area (Å²) in [5.41, 5.74) is 2.17. The predicted molar refractivity (Wildman–Crippen MR) is 119 cm³/mol. The van der Waals surface area contributed by atoms with Crippen LogP contribution in [0.5, 0.6) is 0 Å².